The summed E-state index contributed by atoms with van der Waals surface area (Å²) in [5.41, 5.74) is -0.170. The zero-order valence-electron chi connectivity index (χ0n) is 15.0. The number of aromatic nitrogens is 2. The highest BCUT2D eigenvalue weighted by Crippen LogP contribution is 2.37. The first-order valence-electron chi connectivity index (χ1n) is 8.76. The van der Waals surface area contributed by atoms with Crippen LogP contribution in [0.3, 0.4) is 0 Å². The first-order chi connectivity index (χ1) is 13.3. The fraction of sp³-hybridized carbons (Fsp3) is 0.316. The van der Waals surface area contributed by atoms with E-state index in [2.05, 4.69) is 9.97 Å². The fourth-order valence-electron chi connectivity index (χ4n) is 3.37. The Morgan fingerprint density at radius 2 is 1.86 bits per heavy atom. The number of aryl methyl sites for hydroxylation is 1. The van der Waals surface area contributed by atoms with E-state index >= 15 is 0 Å². The van der Waals surface area contributed by atoms with Crippen molar-refractivity contribution >= 4 is 33.3 Å². The van der Waals surface area contributed by atoms with Crippen LogP contribution < -0.4 is 4.90 Å². The maximum atomic E-state index is 13.8. The monoisotopic (exact) mass is 406 g/mol. The number of carbonyl (C=O) groups excluding carboxylic acids is 1. The molecule has 0 bridgehead atoms. The Morgan fingerprint density at radius 1 is 1.14 bits per heavy atom. The number of hydrogen-bond acceptors (Lipinski definition) is 5. The van der Waals surface area contributed by atoms with Crippen molar-refractivity contribution in [1.82, 2.24) is 14.9 Å². The Morgan fingerprint density at radius 3 is 2.50 bits per heavy atom. The number of piperazine rings is 1. The van der Waals surface area contributed by atoms with Gasteiger partial charge in [0.25, 0.3) is 5.91 Å². The van der Waals surface area contributed by atoms with Gasteiger partial charge in [-0.1, -0.05) is 18.2 Å². The number of nitrogens with zero attached hydrogens (tertiary/aromatic N) is 4. The number of benzene rings is 1. The molecule has 4 rings (SSSR count). The molecule has 0 radical (unpaired) electrons. The predicted octanol–water partition coefficient (Wildman–Crippen LogP) is 3.98. The number of anilines is 1. The van der Waals surface area contributed by atoms with Crippen LogP contribution in [0.1, 0.15) is 21.6 Å². The molecule has 9 heteroatoms. The lowest BCUT2D eigenvalue weighted by Gasteiger charge is -2.35. The van der Waals surface area contributed by atoms with Crippen LogP contribution in [0.4, 0.5) is 18.3 Å². The fourth-order valence-corrected chi connectivity index (χ4v) is 4.22. The Hall–Kier alpha value is -2.68. The molecule has 0 aliphatic carbocycles. The second kappa shape index (κ2) is 7.05. The SMILES string of the molecule is Cc1csc(N2CCN(C(=O)c3cnc4ccccc4c3C(F)(F)F)CC2)n1. The number of para-hydroxylation sites is 1. The van der Waals surface area contributed by atoms with Crippen molar-refractivity contribution in [3.63, 3.8) is 0 Å². The van der Waals surface area contributed by atoms with Gasteiger partial charge in [-0.2, -0.15) is 13.2 Å². The lowest BCUT2D eigenvalue weighted by molar-refractivity contribution is -0.136. The predicted molar refractivity (Wildman–Crippen MR) is 102 cm³/mol. The third-order valence-electron chi connectivity index (χ3n) is 4.73. The van der Waals surface area contributed by atoms with E-state index < -0.39 is 23.2 Å². The van der Waals surface area contributed by atoms with E-state index in [1.54, 1.807) is 6.07 Å². The van der Waals surface area contributed by atoms with Crippen LogP contribution in [-0.4, -0.2) is 47.0 Å². The molecule has 0 saturated carbocycles. The van der Waals surface area contributed by atoms with Gasteiger partial charge in [0, 0.05) is 43.1 Å². The van der Waals surface area contributed by atoms with Gasteiger partial charge in [0.05, 0.1) is 22.3 Å². The van der Waals surface area contributed by atoms with E-state index in [1.807, 2.05) is 17.2 Å². The summed E-state index contributed by atoms with van der Waals surface area (Å²) >= 11 is 1.52. The number of thiazole rings is 1. The van der Waals surface area contributed by atoms with Crippen molar-refractivity contribution in [2.45, 2.75) is 13.1 Å². The molecule has 3 heterocycles. The van der Waals surface area contributed by atoms with Gasteiger partial charge in [-0.05, 0) is 13.0 Å². The molecule has 1 fully saturated rings. The minimum Gasteiger partial charge on any atom is -0.345 e. The summed E-state index contributed by atoms with van der Waals surface area (Å²) in [6.45, 7) is 3.64. The van der Waals surface area contributed by atoms with Gasteiger partial charge < -0.3 is 9.80 Å². The molecule has 2 aromatic heterocycles. The van der Waals surface area contributed by atoms with Gasteiger partial charge in [0.1, 0.15) is 0 Å². The Kier molecular flexibility index (Phi) is 4.70. The molecule has 0 atom stereocenters. The third kappa shape index (κ3) is 3.42. The van der Waals surface area contributed by atoms with E-state index in [9.17, 15) is 18.0 Å². The molecular weight excluding hydrogens is 389 g/mol. The highest BCUT2D eigenvalue weighted by molar-refractivity contribution is 7.13. The summed E-state index contributed by atoms with van der Waals surface area (Å²) < 4.78 is 41.3. The average molecular weight is 406 g/mol. The van der Waals surface area contributed by atoms with Crippen LogP contribution in [0.5, 0.6) is 0 Å². The molecule has 0 unspecified atom stereocenters. The molecule has 146 valence electrons. The number of amides is 1. The maximum absolute atomic E-state index is 13.8. The van der Waals surface area contributed by atoms with E-state index in [-0.39, 0.29) is 10.9 Å². The van der Waals surface area contributed by atoms with Crippen LogP contribution in [0.25, 0.3) is 10.9 Å². The second-order valence-corrected chi connectivity index (χ2v) is 7.45. The quantitative estimate of drug-likeness (QED) is 0.646. The lowest BCUT2D eigenvalue weighted by Crippen LogP contribution is -2.49. The number of fused-ring (bicyclic) bond motifs is 1. The number of pyridine rings is 1. The maximum Gasteiger partial charge on any atom is 0.417 e. The standard InChI is InChI=1S/C19H17F3N4OS/c1-12-11-28-18(24-12)26-8-6-25(7-9-26)17(27)14-10-23-15-5-3-2-4-13(15)16(14)19(20,21)22/h2-5,10-11H,6-9H2,1H3. The summed E-state index contributed by atoms with van der Waals surface area (Å²) in [6, 6.07) is 6.00. The number of rotatable bonds is 2. The summed E-state index contributed by atoms with van der Waals surface area (Å²) in [5.74, 6) is -0.638. The van der Waals surface area contributed by atoms with Gasteiger partial charge in [0.2, 0.25) is 0 Å². The molecule has 3 aromatic rings. The van der Waals surface area contributed by atoms with Gasteiger partial charge in [-0.3, -0.25) is 9.78 Å². The van der Waals surface area contributed by atoms with Crippen LogP contribution in [0.2, 0.25) is 0 Å². The smallest absolute Gasteiger partial charge is 0.345 e. The third-order valence-corrected chi connectivity index (χ3v) is 5.75. The topological polar surface area (TPSA) is 49.3 Å². The number of carbonyl (C=O) groups is 1. The van der Waals surface area contributed by atoms with Crippen LogP contribution >= 0.6 is 11.3 Å². The van der Waals surface area contributed by atoms with Crippen molar-refractivity contribution < 1.29 is 18.0 Å². The molecule has 1 aliphatic heterocycles. The number of alkyl halides is 3. The number of halogens is 3. The average Bonchev–Trinajstić information content (AvgIpc) is 3.12. The zero-order valence-corrected chi connectivity index (χ0v) is 15.8. The van der Waals surface area contributed by atoms with Gasteiger partial charge in [0.15, 0.2) is 5.13 Å². The Labute approximate surface area is 163 Å². The molecule has 1 aliphatic rings. The molecule has 1 aromatic carbocycles. The lowest BCUT2D eigenvalue weighted by atomic mass is 10.0. The summed E-state index contributed by atoms with van der Waals surface area (Å²) in [7, 11) is 0. The molecule has 1 amide bonds. The largest absolute Gasteiger partial charge is 0.417 e. The highest BCUT2D eigenvalue weighted by atomic mass is 32.1. The van der Waals surface area contributed by atoms with Gasteiger partial charge in [-0.25, -0.2) is 4.98 Å². The van der Waals surface area contributed by atoms with E-state index in [0.29, 0.717) is 26.2 Å². The van der Waals surface area contributed by atoms with Crippen molar-refractivity contribution in [3.05, 3.63) is 52.7 Å². The molecule has 0 spiro atoms. The summed E-state index contributed by atoms with van der Waals surface area (Å²) in [4.78, 5) is 24.9. The molecule has 0 N–H and O–H groups in total. The normalized spacial score (nSPS) is 15.3. The molecular formula is C19H17F3N4OS. The second-order valence-electron chi connectivity index (χ2n) is 6.61. The zero-order chi connectivity index (χ0) is 19.9. The molecule has 28 heavy (non-hydrogen) atoms. The first-order valence-corrected chi connectivity index (χ1v) is 9.64. The number of hydrogen-bond donors (Lipinski definition) is 0. The van der Waals surface area contributed by atoms with Crippen molar-refractivity contribution in [1.29, 1.82) is 0 Å². The Balaban J connectivity index is 1.61. The van der Waals surface area contributed by atoms with Gasteiger partial charge in [-0.15, -0.1) is 11.3 Å². The highest BCUT2D eigenvalue weighted by Gasteiger charge is 2.39. The van der Waals surface area contributed by atoms with Crippen LogP contribution in [-0.2, 0) is 6.18 Å². The molecule has 1 saturated heterocycles. The van der Waals surface area contributed by atoms with E-state index in [1.165, 1.54) is 34.4 Å². The summed E-state index contributed by atoms with van der Waals surface area (Å²) in [6.07, 6.45) is -3.60. The van der Waals surface area contributed by atoms with Crippen molar-refractivity contribution in [3.8, 4) is 0 Å². The Bertz CT molecular complexity index is 1030. The van der Waals surface area contributed by atoms with Crippen molar-refractivity contribution in [2.24, 2.45) is 0 Å². The first kappa shape index (κ1) is 18.7. The minimum atomic E-state index is -4.65. The van der Waals surface area contributed by atoms with Crippen LogP contribution in [0.15, 0.2) is 35.8 Å². The van der Waals surface area contributed by atoms with Crippen LogP contribution in [0, 0.1) is 6.92 Å². The van der Waals surface area contributed by atoms with E-state index in [4.69, 9.17) is 0 Å². The van der Waals surface area contributed by atoms with E-state index in [0.717, 1.165) is 17.0 Å². The van der Waals surface area contributed by atoms with Gasteiger partial charge >= 0.3 is 6.18 Å². The minimum absolute atomic E-state index is 0.0576. The molecule has 5 nitrogen and oxygen atoms in total. The summed E-state index contributed by atoms with van der Waals surface area (Å²) in [5, 5.41) is 2.76. The van der Waals surface area contributed by atoms with Crippen molar-refractivity contribution in [2.75, 3.05) is 31.1 Å².